The van der Waals surface area contributed by atoms with E-state index in [1.165, 1.54) is 26.4 Å². The minimum Gasteiger partial charge on any atom is -0.480 e. The first-order valence-corrected chi connectivity index (χ1v) is 5.57. The Kier molecular flexibility index (Phi) is 4.54. The van der Waals surface area contributed by atoms with Crippen molar-refractivity contribution in [2.45, 2.75) is 50.6 Å². The zero-order valence-corrected chi connectivity index (χ0v) is 9.58. The van der Waals surface area contributed by atoms with Crippen LogP contribution in [0, 0.1) is 0 Å². The zero-order valence-electron chi connectivity index (χ0n) is 9.58. The molecule has 4 heteroatoms. The average Bonchev–Trinajstić information content (AvgIpc) is 2.18. The number of carboxylic acids is 1. The lowest BCUT2D eigenvalue weighted by Crippen LogP contribution is -2.53. The molecular weight excluding hydrogens is 194 g/mol. The molecule has 15 heavy (non-hydrogen) atoms. The van der Waals surface area contributed by atoms with Crippen molar-refractivity contribution in [3.8, 4) is 0 Å². The quantitative estimate of drug-likeness (QED) is 0.727. The standard InChI is InChI=1S/C11H21NO3/c1-11(6-4-3-5-7-11)12-9(8-15-2)10(13)14/h9,12H,3-8H2,1-2H3,(H,13,14). The van der Waals surface area contributed by atoms with Crippen LogP contribution < -0.4 is 5.32 Å². The Morgan fingerprint density at radius 2 is 2.07 bits per heavy atom. The predicted molar refractivity (Wildman–Crippen MR) is 57.9 cm³/mol. The lowest BCUT2D eigenvalue weighted by atomic mass is 9.83. The van der Waals surface area contributed by atoms with E-state index in [0.29, 0.717) is 0 Å². The molecule has 0 aromatic rings. The summed E-state index contributed by atoms with van der Waals surface area (Å²) in [5.41, 5.74) is -0.0279. The van der Waals surface area contributed by atoms with Crippen LogP contribution in [0.5, 0.6) is 0 Å². The molecule has 1 saturated carbocycles. The van der Waals surface area contributed by atoms with Crippen molar-refractivity contribution in [1.29, 1.82) is 0 Å². The van der Waals surface area contributed by atoms with Crippen molar-refractivity contribution in [2.75, 3.05) is 13.7 Å². The smallest absolute Gasteiger partial charge is 0.323 e. The van der Waals surface area contributed by atoms with Gasteiger partial charge in [-0.2, -0.15) is 0 Å². The molecule has 4 nitrogen and oxygen atoms in total. The van der Waals surface area contributed by atoms with Gasteiger partial charge < -0.3 is 9.84 Å². The highest BCUT2D eigenvalue weighted by atomic mass is 16.5. The molecular formula is C11H21NO3. The summed E-state index contributed by atoms with van der Waals surface area (Å²) in [5, 5.41) is 12.2. The highest BCUT2D eigenvalue weighted by Gasteiger charge is 2.31. The number of aliphatic carboxylic acids is 1. The Morgan fingerprint density at radius 3 is 2.53 bits per heavy atom. The Hall–Kier alpha value is -0.610. The summed E-state index contributed by atoms with van der Waals surface area (Å²) in [4.78, 5) is 11.0. The topological polar surface area (TPSA) is 58.6 Å². The number of carboxylic acid groups (broad SMARTS) is 1. The monoisotopic (exact) mass is 215 g/mol. The molecule has 1 atom stereocenters. The molecule has 0 heterocycles. The molecule has 0 radical (unpaired) electrons. The number of nitrogens with one attached hydrogen (secondary N) is 1. The molecule has 0 saturated heterocycles. The maximum absolute atomic E-state index is 11.0. The van der Waals surface area contributed by atoms with Crippen LogP contribution in [0.25, 0.3) is 0 Å². The van der Waals surface area contributed by atoms with Gasteiger partial charge in [0.15, 0.2) is 0 Å². The first kappa shape index (κ1) is 12.5. The van der Waals surface area contributed by atoms with E-state index in [0.717, 1.165) is 12.8 Å². The molecule has 0 amide bonds. The third kappa shape index (κ3) is 3.80. The third-order valence-electron chi connectivity index (χ3n) is 3.11. The predicted octanol–water partition coefficient (Wildman–Crippen LogP) is 1.40. The Balaban J connectivity index is 2.51. The lowest BCUT2D eigenvalue weighted by molar-refractivity contribution is -0.141. The van der Waals surface area contributed by atoms with Gasteiger partial charge in [-0.15, -0.1) is 0 Å². The molecule has 0 bridgehead atoms. The van der Waals surface area contributed by atoms with Crippen LogP contribution in [-0.4, -0.2) is 36.4 Å². The first-order chi connectivity index (χ1) is 7.07. The van der Waals surface area contributed by atoms with Gasteiger partial charge in [0, 0.05) is 12.6 Å². The van der Waals surface area contributed by atoms with E-state index in [2.05, 4.69) is 12.2 Å². The van der Waals surface area contributed by atoms with Gasteiger partial charge in [-0.1, -0.05) is 19.3 Å². The van der Waals surface area contributed by atoms with E-state index >= 15 is 0 Å². The molecule has 1 aliphatic carbocycles. The first-order valence-electron chi connectivity index (χ1n) is 5.57. The maximum Gasteiger partial charge on any atom is 0.323 e. The van der Waals surface area contributed by atoms with Crippen LogP contribution in [0.3, 0.4) is 0 Å². The highest BCUT2D eigenvalue weighted by molar-refractivity contribution is 5.73. The molecule has 1 unspecified atom stereocenters. The van der Waals surface area contributed by atoms with E-state index in [9.17, 15) is 4.79 Å². The van der Waals surface area contributed by atoms with Gasteiger partial charge >= 0.3 is 5.97 Å². The number of hydrogen-bond donors (Lipinski definition) is 2. The minimum absolute atomic E-state index is 0.0279. The van der Waals surface area contributed by atoms with Gasteiger partial charge in [-0.25, -0.2) is 0 Å². The van der Waals surface area contributed by atoms with Crippen LogP contribution in [0.1, 0.15) is 39.0 Å². The second kappa shape index (κ2) is 5.47. The SMILES string of the molecule is COCC(NC1(C)CCCCC1)C(=O)O. The van der Waals surface area contributed by atoms with Gasteiger partial charge in [0.2, 0.25) is 0 Å². The second-order valence-corrected chi connectivity index (χ2v) is 4.61. The Labute approximate surface area is 91.0 Å². The fraction of sp³-hybridized carbons (Fsp3) is 0.909. The summed E-state index contributed by atoms with van der Waals surface area (Å²) in [6.07, 6.45) is 5.74. The van der Waals surface area contributed by atoms with Crippen molar-refractivity contribution in [3.05, 3.63) is 0 Å². The van der Waals surface area contributed by atoms with Gasteiger partial charge in [-0.05, 0) is 19.8 Å². The zero-order chi connectivity index (χ0) is 11.3. The minimum atomic E-state index is -0.830. The molecule has 0 aliphatic heterocycles. The third-order valence-corrected chi connectivity index (χ3v) is 3.11. The summed E-state index contributed by atoms with van der Waals surface area (Å²) in [7, 11) is 1.53. The van der Waals surface area contributed by atoms with Crippen molar-refractivity contribution >= 4 is 5.97 Å². The molecule has 1 fully saturated rings. The second-order valence-electron chi connectivity index (χ2n) is 4.61. The Morgan fingerprint density at radius 1 is 1.47 bits per heavy atom. The lowest BCUT2D eigenvalue weighted by Gasteiger charge is -2.36. The summed E-state index contributed by atoms with van der Waals surface area (Å²) < 4.78 is 4.91. The van der Waals surface area contributed by atoms with Gasteiger partial charge in [0.25, 0.3) is 0 Å². The number of rotatable bonds is 5. The normalized spacial score (nSPS) is 22.3. The van der Waals surface area contributed by atoms with E-state index in [1.54, 1.807) is 0 Å². The molecule has 1 rings (SSSR count). The summed E-state index contributed by atoms with van der Waals surface area (Å²) in [6, 6.07) is -0.585. The largest absolute Gasteiger partial charge is 0.480 e. The molecule has 2 N–H and O–H groups in total. The fourth-order valence-corrected chi connectivity index (χ4v) is 2.24. The van der Waals surface area contributed by atoms with Crippen LogP contribution in [0.4, 0.5) is 0 Å². The summed E-state index contributed by atoms with van der Waals surface area (Å²) in [5.74, 6) is -0.830. The average molecular weight is 215 g/mol. The molecule has 0 aromatic heterocycles. The van der Waals surface area contributed by atoms with Crippen molar-refractivity contribution in [3.63, 3.8) is 0 Å². The van der Waals surface area contributed by atoms with Crippen molar-refractivity contribution in [1.82, 2.24) is 5.32 Å². The Bertz CT molecular complexity index is 212. The highest BCUT2D eigenvalue weighted by Crippen LogP contribution is 2.27. The number of carbonyl (C=O) groups is 1. The number of ether oxygens (including phenoxy) is 1. The van der Waals surface area contributed by atoms with Gasteiger partial charge in [-0.3, -0.25) is 10.1 Å². The van der Waals surface area contributed by atoms with Gasteiger partial charge in [0.05, 0.1) is 6.61 Å². The number of methoxy groups -OCH3 is 1. The van der Waals surface area contributed by atoms with Crippen LogP contribution in [0.2, 0.25) is 0 Å². The molecule has 0 spiro atoms. The number of hydrogen-bond acceptors (Lipinski definition) is 3. The molecule has 0 aromatic carbocycles. The molecule has 1 aliphatic rings. The van der Waals surface area contributed by atoms with E-state index in [1.807, 2.05) is 0 Å². The maximum atomic E-state index is 11.0. The van der Waals surface area contributed by atoms with E-state index < -0.39 is 12.0 Å². The van der Waals surface area contributed by atoms with Crippen LogP contribution in [0.15, 0.2) is 0 Å². The molecule has 88 valence electrons. The summed E-state index contributed by atoms with van der Waals surface area (Å²) >= 11 is 0. The van der Waals surface area contributed by atoms with E-state index in [-0.39, 0.29) is 12.1 Å². The van der Waals surface area contributed by atoms with Gasteiger partial charge in [0.1, 0.15) is 6.04 Å². The van der Waals surface area contributed by atoms with E-state index in [4.69, 9.17) is 9.84 Å². The van der Waals surface area contributed by atoms with Crippen LogP contribution in [-0.2, 0) is 9.53 Å². The summed E-state index contributed by atoms with van der Waals surface area (Å²) in [6.45, 7) is 2.34. The van der Waals surface area contributed by atoms with Crippen molar-refractivity contribution in [2.24, 2.45) is 0 Å². The van der Waals surface area contributed by atoms with Crippen molar-refractivity contribution < 1.29 is 14.6 Å². The fourth-order valence-electron chi connectivity index (χ4n) is 2.24. The van der Waals surface area contributed by atoms with Crippen LogP contribution >= 0.6 is 0 Å².